The Morgan fingerprint density at radius 2 is 1.66 bits per heavy atom. The first kappa shape index (κ1) is 24.1. The zero-order valence-electron chi connectivity index (χ0n) is 18.9. The molecule has 174 valence electrons. The van der Waals surface area contributed by atoms with E-state index in [-0.39, 0.29) is 18.9 Å². The van der Waals surface area contributed by atoms with E-state index in [1.165, 1.54) is 10.6 Å². The zero-order valence-corrected chi connectivity index (χ0v) is 19.7. The lowest BCUT2D eigenvalue weighted by molar-refractivity contribution is -0.121. The Balaban J connectivity index is 1.46. The van der Waals surface area contributed by atoms with Crippen LogP contribution in [0.1, 0.15) is 30.9 Å². The van der Waals surface area contributed by atoms with Crippen molar-refractivity contribution < 1.29 is 17.9 Å². The third-order valence-electron chi connectivity index (χ3n) is 5.60. The number of amides is 1. The molecule has 0 spiro atoms. The number of aryl methyl sites for hydroxylation is 1. The topological polar surface area (TPSA) is 79.0 Å². The minimum Gasteiger partial charge on any atom is -0.378 e. The third kappa shape index (κ3) is 6.97. The molecule has 2 aromatic carbocycles. The number of hydrogen-bond acceptors (Lipinski definition) is 5. The normalized spacial score (nSPS) is 14.2. The van der Waals surface area contributed by atoms with Gasteiger partial charge in [0.15, 0.2) is 0 Å². The van der Waals surface area contributed by atoms with E-state index < -0.39 is 10.0 Å². The van der Waals surface area contributed by atoms with Crippen LogP contribution in [0, 0.1) is 0 Å². The fraction of sp³-hybridized carbons (Fsp3) is 0.458. The minimum atomic E-state index is -3.41. The number of rotatable bonds is 10. The lowest BCUT2D eigenvalue weighted by Crippen LogP contribution is -2.36. The molecule has 1 fully saturated rings. The lowest BCUT2D eigenvalue weighted by Gasteiger charge is -2.28. The molecule has 0 saturated carbocycles. The van der Waals surface area contributed by atoms with Crippen LogP contribution in [0.3, 0.4) is 0 Å². The molecule has 8 heteroatoms. The van der Waals surface area contributed by atoms with Gasteiger partial charge >= 0.3 is 0 Å². The number of benzene rings is 2. The smallest absolute Gasteiger partial charge is 0.232 e. The van der Waals surface area contributed by atoms with Gasteiger partial charge in [0, 0.05) is 38.3 Å². The van der Waals surface area contributed by atoms with Gasteiger partial charge in [-0.25, -0.2) is 8.42 Å². The van der Waals surface area contributed by atoms with Crippen molar-refractivity contribution in [2.24, 2.45) is 0 Å². The number of carbonyl (C=O) groups excluding carboxylic acids is 1. The van der Waals surface area contributed by atoms with E-state index in [1.54, 1.807) is 0 Å². The highest BCUT2D eigenvalue weighted by Gasteiger charge is 2.17. The summed E-state index contributed by atoms with van der Waals surface area (Å²) < 4.78 is 31.2. The lowest BCUT2D eigenvalue weighted by atomic mass is 10.1. The molecule has 0 unspecified atom stereocenters. The SMILES string of the molecule is CCc1ccc(N(CCCC(=O)NCc2ccc(N3CCOCC3)cc2)S(C)(=O)=O)cc1. The second-order valence-electron chi connectivity index (χ2n) is 8.00. The van der Waals surface area contributed by atoms with Gasteiger partial charge in [-0.3, -0.25) is 9.10 Å². The van der Waals surface area contributed by atoms with Gasteiger partial charge in [0.05, 0.1) is 25.2 Å². The number of nitrogens with zero attached hydrogens (tertiary/aromatic N) is 2. The summed E-state index contributed by atoms with van der Waals surface area (Å²) in [6.45, 7) is 6.06. The van der Waals surface area contributed by atoms with Crippen LogP contribution in [0.15, 0.2) is 48.5 Å². The van der Waals surface area contributed by atoms with Gasteiger partial charge in [0.1, 0.15) is 0 Å². The van der Waals surface area contributed by atoms with Crippen LogP contribution in [0.2, 0.25) is 0 Å². The molecule has 0 aromatic heterocycles. The molecule has 1 saturated heterocycles. The van der Waals surface area contributed by atoms with E-state index in [0.29, 0.717) is 18.7 Å². The fourth-order valence-corrected chi connectivity index (χ4v) is 4.67. The summed E-state index contributed by atoms with van der Waals surface area (Å²) in [5.74, 6) is -0.0861. The first-order chi connectivity index (χ1) is 15.4. The summed E-state index contributed by atoms with van der Waals surface area (Å²) in [5.41, 5.74) is 3.98. The van der Waals surface area contributed by atoms with Crippen LogP contribution in [0.5, 0.6) is 0 Å². The van der Waals surface area contributed by atoms with Crippen LogP contribution in [0.4, 0.5) is 11.4 Å². The van der Waals surface area contributed by atoms with Crippen molar-refractivity contribution in [3.05, 3.63) is 59.7 Å². The molecular weight excluding hydrogens is 426 g/mol. The van der Waals surface area contributed by atoms with Crippen molar-refractivity contribution in [1.82, 2.24) is 5.32 Å². The Kier molecular flexibility index (Phi) is 8.53. The maximum atomic E-state index is 12.3. The van der Waals surface area contributed by atoms with E-state index >= 15 is 0 Å². The molecule has 7 nitrogen and oxygen atoms in total. The van der Waals surface area contributed by atoms with Crippen molar-refractivity contribution in [1.29, 1.82) is 0 Å². The molecule has 32 heavy (non-hydrogen) atoms. The molecule has 1 heterocycles. The van der Waals surface area contributed by atoms with E-state index in [2.05, 4.69) is 29.3 Å². The average Bonchev–Trinajstić information content (AvgIpc) is 2.81. The number of nitrogens with one attached hydrogen (secondary N) is 1. The molecule has 1 aliphatic rings. The molecule has 0 aliphatic carbocycles. The highest BCUT2D eigenvalue weighted by atomic mass is 32.2. The number of hydrogen-bond donors (Lipinski definition) is 1. The number of ether oxygens (including phenoxy) is 1. The number of anilines is 2. The van der Waals surface area contributed by atoms with Crippen LogP contribution >= 0.6 is 0 Å². The Bertz CT molecular complexity index is 969. The number of sulfonamides is 1. The van der Waals surface area contributed by atoms with Crippen molar-refractivity contribution in [3.63, 3.8) is 0 Å². The molecule has 2 aromatic rings. The second kappa shape index (κ2) is 11.3. The summed E-state index contributed by atoms with van der Waals surface area (Å²) in [6.07, 6.45) is 2.81. The Morgan fingerprint density at radius 1 is 1.03 bits per heavy atom. The molecule has 1 amide bonds. The first-order valence-corrected chi connectivity index (χ1v) is 13.0. The van der Waals surface area contributed by atoms with E-state index in [0.717, 1.165) is 49.5 Å². The van der Waals surface area contributed by atoms with E-state index in [4.69, 9.17) is 4.74 Å². The first-order valence-electron chi connectivity index (χ1n) is 11.1. The highest BCUT2D eigenvalue weighted by molar-refractivity contribution is 7.92. The highest BCUT2D eigenvalue weighted by Crippen LogP contribution is 2.20. The number of carbonyl (C=O) groups is 1. The van der Waals surface area contributed by atoms with Crippen molar-refractivity contribution >= 4 is 27.3 Å². The fourth-order valence-electron chi connectivity index (χ4n) is 3.70. The van der Waals surface area contributed by atoms with Crippen LogP contribution in [-0.2, 0) is 32.5 Å². The van der Waals surface area contributed by atoms with Gasteiger partial charge < -0.3 is 15.0 Å². The third-order valence-corrected chi connectivity index (χ3v) is 6.79. The summed E-state index contributed by atoms with van der Waals surface area (Å²) in [4.78, 5) is 14.6. The van der Waals surface area contributed by atoms with Gasteiger partial charge in [-0.2, -0.15) is 0 Å². The van der Waals surface area contributed by atoms with E-state index in [9.17, 15) is 13.2 Å². The van der Waals surface area contributed by atoms with Gasteiger partial charge in [-0.15, -0.1) is 0 Å². The zero-order chi connectivity index (χ0) is 23.0. The Labute approximate surface area is 191 Å². The standard InChI is InChI=1S/C24H33N3O4S/c1-3-20-6-12-23(13-7-20)27(32(2,29)30)14-4-5-24(28)25-19-21-8-10-22(11-9-21)26-15-17-31-18-16-26/h6-13H,3-5,14-19H2,1-2H3,(H,25,28). The minimum absolute atomic E-state index is 0.0861. The molecule has 0 radical (unpaired) electrons. The molecule has 3 rings (SSSR count). The van der Waals surface area contributed by atoms with Gasteiger partial charge in [0.25, 0.3) is 0 Å². The second-order valence-corrected chi connectivity index (χ2v) is 9.91. The van der Waals surface area contributed by atoms with Gasteiger partial charge in [-0.05, 0) is 48.2 Å². The summed E-state index contributed by atoms with van der Waals surface area (Å²) in [5, 5.41) is 2.92. The van der Waals surface area contributed by atoms with Crippen LogP contribution in [-0.4, -0.2) is 53.4 Å². The largest absolute Gasteiger partial charge is 0.378 e. The monoisotopic (exact) mass is 459 g/mol. The predicted octanol–water partition coefficient (Wildman–Crippen LogP) is 2.95. The summed E-state index contributed by atoms with van der Waals surface area (Å²) in [6, 6.07) is 15.7. The molecule has 1 N–H and O–H groups in total. The Morgan fingerprint density at radius 3 is 2.25 bits per heavy atom. The average molecular weight is 460 g/mol. The molecular formula is C24H33N3O4S. The summed E-state index contributed by atoms with van der Waals surface area (Å²) >= 11 is 0. The van der Waals surface area contributed by atoms with Crippen molar-refractivity contribution in [3.8, 4) is 0 Å². The number of morpholine rings is 1. The molecule has 1 aliphatic heterocycles. The van der Waals surface area contributed by atoms with Crippen LogP contribution in [0.25, 0.3) is 0 Å². The van der Waals surface area contributed by atoms with Gasteiger partial charge in [0.2, 0.25) is 15.9 Å². The molecule has 0 bridgehead atoms. The van der Waals surface area contributed by atoms with Crippen LogP contribution < -0.4 is 14.5 Å². The summed E-state index contributed by atoms with van der Waals surface area (Å²) in [7, 11) is -3.41. The maximum Gasteiger partial charge on any atom is 0.232 e. The molecule has 0 atom stereocenters. The van der Waals surface area contributed by atoms with Crippen molar-refractivity contribution in [2.75, 3.05) is 48.3 Å². The predicted molar refractivity (Wildman–Crippen MR) is 129 cm³/mol. The van der Waals surface area contributed by atoms with E-state index in [1.807, 2.05) is 36.4 Å². The van der Waals surface area contributed by atoms with Crippen molar-refractivity contribution in [2.45, 2.75) is 32.7 Å². The maximum absolute atomic E-state index is 12.3. The Hall–Kier alpha value is -2.58. The quantitative estimate of drug-likeness (QED) is 0.591. The van der Waals surface area contributed by atoms with Gasteiger partial charge in [-0.1, -0.05) is 31.2 Å².